The minimum atomic E-state index is 0.169. The number of likely N-dealkylation sites (tertiary alicyclic amines) is 1. The lowest BCUT2D eigenvalue weighted by molar-refractivity contribution is 0.0628. The number of benzene rings is 2. The first-order valence-electron chi connectivity index (χ1n) is 11.0. The van der Waals surface area contributed by atoms with Crippen LogP contribution in [0, 0.1) is 5.92 Å². The smallest absolute Gasteiger partial charge is 0.253 e. The Morgan fingerprint density at radius 2 is 1.31 bits per heavy atom. The van der Waals surface area contributed by atoms with Gasteiger partial charge < -0.3 is 4.90 Å². The second-order valence-electron chi connectivity index (χ2n) is 8.71. The van der Waals surface area contributed by atoms with Crippen LogP contribution in [0.4, 0.5) is 0 Å². The van der Waals surface area contributed by atoms with E-state index in [9.17, 15) is 4.79 Å². The van der Waals surface area contributed by atoms with Gasteiger partial charge in [0.2, 0.25) is 0 Å². The fourth-order valence-electron chi connectivity index (χ4n) is 4.36. The summed E-state index contributed by atoms with van der Waals surface area (Å²) in [7, 11) is 0. The summed E-state index contributed by atoms with van der Waals surface area (Å²) in [6.45, 7) is 10.2. The van der Waals surface area contributed by atoms with Gasteiger partial charge >= 0.3 is 0 Å². The molecule has 0 aromatic heterocycles. The van der Waals surface area contributed by atoms with Crippen LogP contribution in [0.25, 0.3) is 0 Å². The highest BCUT2D eigenvalue weighted by molar-refractivity contribution is 5.94. The van der Waals surface area contributed by atoms with Crippen molar-refractivity contribution < 1.29 is 4.79 Å². The van der Waals surface area contributed by atoms with Crippen LogP contribution in [0.15, 0.2) is 54.6 Å². The number of carbonyl (C=O) groups excluding carboxylic acids is 1. The Kier molecular flexibility index (Phi) is 6.63. The average molecular weight is 392 g/mol. The molecule has 1 amide bonds. The largest absolute Gasteiger partial charge is 0.336 e. The lowest BCUT2D eigenvalue weighted by Gasteiger charge is -2.35. The number of rotatable bonds is 5. The Morgan fingerprint density at radius 3 is 1.93 bits per heavy atom. The van der Waals surface area contributed by atoms with Gasteiger partial charge in [-0.2, -0.15) is 0 Å². The van der Waals surface area contributed by atoms with Crippen LogP contribution in [0.1, 0.15) is 41.3 Å². The Bertz CT molecular complexity index is 773. The Labute approximate surface area is 175 Å². The van der Waals surface area contributed by atoms with Crippen LogP contribution in [-0.4, -0.2) is 59.9 Å². The van der Waals surface area contributed by atoms with E-state index in [2.05, 4.69) is 59.2 Å². The number of carbonyl (C=O) groups is 1. The van der Waals surface area contributed by atoms with Crippen molar-refractivity contribution in [2.24, 2.45) is 5.92 Å². The summed E-state index contributed by atoms with van der Waals surface area (Å²) >= 11 is 0. The maximum Gasteiger partial charge on any atom is 0.253 e. The molecule has 4 rings (SSSR count). The minimum absolute atomic E-state index is 0.169. The third-order valence-corrected chi connectivity index (χ3v) is 6.39. The first kappa shape index (κ1) is 20.1. The summed E-state index contributed by atoms with van der Waals surface area (Å²) in [6, 6.07) is 18.9. The zero-order chi connectivity index (χ0) is 20.1. The third kappa shape index (κ3) is 5.46. The summed E-state index contributed by atoms with van der Waals surface area (Å²) in [5, 5.41) is 0. The second kappa shape index (κ2) is 9.55. The van der Waals surface area contributed by atoms with Crippen LogP contribution in [-0.2, 0) is 13.1 Å². The van der Waals surface area contributed by atoms with Gasteiger partial charge in [-0.25, -0.2) is 0 Å². The predicted octanol–water partition coefficient (Wildman–Crippen LogP) is 3.88. The van der Waals surface area contributed by atoms with Crippen LogP contribution in [0.5, 0.6) is 0 Å². The van der Waals surface area contributed by atoms with E-state index < -0.39 is 0 Å². The number of hydrogen-bond acceptors (Lipinski definition) is 3. The first-order valence-corrected chi connectivity index (χ1v) is 11.0. The average Bonchev–Trinajstić information content (AvgIpc) is 2.77. The van der Waals surface area contributed by atoms with Crippen molar-refractivity contribution in [1.82, 2.24) is 14.7 Å². The Hall–Kier alpha value is -2.17. The molecule has 2 saturated heterocycles. The van der Waals surface area contributed by atoms with E-state index >= 15 is 0 Å². The fourth-order valence-corrected chi connectivity index (χ4v) is 4.36. The second-order valence-corrected chi connectivity index (χ2v) is 8.71. The monoisotopic (exact) mass is 391 g/mol. The molecule has 29 heavy (non-hydrogen) atoms. The van der Waals surface area contributed by atoms with Gasteiger partial charge in [-0.15, -0.1) is 0 Å². The number of nitrogens with zero attached hydrogens (tertiary/aromatic N) is 3. The molecule has 4 heteroatoms. The van der Waals surface area contributed by atoms with Crippen LogP contribution < -0.4 is 0 Å². The highest BCUT2D eigenvalue weighted by atomic mass is 16.2. The Morgan fingerprint density at radius 1 is 0.759 bits per heavy atom. The van der Waals surface area contributed by atoms with E-state index in [0.29, 0.717) is 0 Å². The molecule has 2 aromatic rings. The van der Waals surface area contributed by atoms with Gasteiger partial charge in [0.25, 0.3) is 5.91 Å². The zero-order valence-corrected chi connectivity index (χ0v) is 17.6. The standard InChI is InChI=1S/C25H33N3O/c1-21-11-13-26(14-12-21)20-23-7-9-24(10-8-23)25(29)28-17-15-27(16-18-28)19-22-5-3-2-4-6-22/h2-10,21H,11-20H2,1H3. The molecule has 0 spiro atoms. The van der Waals surface area contributed by atoms with Gasteiger partial charge in [0.1, 0.15) is 0 Å². The molecule has 0 aliphatic carbocycles. The highest BCUT2D eigenvalue weighted by Gasteiger charge is 2.22. The van der Waals surface area contributed by atoms with Gasteiger partial charge in [-0.1, -0.05) is 49.4 Å². The molecule has 0 radical (unpaired) electrons. The molecule has 0 unspecified atom stereocenters. The molecule has 0 bridgehead atoms. The fraction of sp³-hybridized carbons (Fsp3) is 0.480. The van der Waals surface area contributed by atoms with Crippen molar-refractivity contribution in [3.8, 4) is 0 Å². The van der Waals surface area contributed by atoms with Crippen molar-refractivity contribution in [1.29, 1.82) is 0 Å². The summed E-state index contributed by atoms with van der Waals surface area (Å²) in [5.74, 6) is 1.03. The molecule has 154 valence electrons. The van der Waals surface area contributed by atoms with E-state index in [1.54, 1.807) is 0 Å². The lowest BCUT2D eigenvalue weighted by atomic mass is 9.99. The van der Waals surface area contributed by atoms with Crippen LogP contribution in [0.2, 0.25) is 0 Å². The van der Waals surface area contributed by atoms with E-state index in [4.69, 9.17) is 0 Å². The van der Waals surface area contributed by atoms with Crippen molar-refractivity contribution in [2.75, 3.05) is 39.3 Å². The van der Waals surface area contributed by atoms with Gasteiger partial charge in [0.15, 0.2) is 0 Å². The molecule has 2 aliphatic heterocycles. The third-order valence-electron chi connectivity index (χ3n) is 6.39. The molecule has 0 N–H and O–H groups in total. The van der Waals surface area contributed by atoms with Crippen LogP contribution in [0.3, 0.4) is 0 Å². The van der Waals surface area contributed by atoms with Gasteiger partial charge in [-0.05, 0) is 55.1 Å². The molecular formula is C25H33N3O. The SMILES string of the molecule is CC1CCN(Cc2ccc(C(=O)N3CCN(Cc4ccccc4)CC3)cc2)CC1. The van der Waals surface area contributed by atoms with Crippen LogP contribution >= 0.6 is 0 Å². The molecule has 2 heterocycles. The van der Waals surface area contributed by atoms with Crippen molar-refractivity contribution in [3.05, 3.63) is 71.3 Å². The summed E-state index contributed by atoms with van der Waals surface area (Å²) in [5.41, 5.74) is 3.47. The maximum atomic E-state index is 12.9. The Balaban J connectivity index is 1.26. The number of hydrogen-bond donors (Lipinski definition) is 0. The number of amides is 1. The number of piperidine rings is 1. The molecular weight excluding hydrogens is 358 g/mol. The number of piperazine rings is 1. The van der Waals surface area contributed by atoms with Gasteiger partial charge in [0.05, 0.1) is 0 Å². The molecule has 2 aliphatic rings. The van der Waals surface area contributed by atoms with E-state index in [1.807, 2.05) is 17.0 Å². The summed E-state index contributed by atoms with van der Waals surface area (Å²) in [6.07, 6.45) is 2.60. The molecule has 0 atom stereocenters. The summed E-state index contributed by atoms with van der Waals surface area (Å²) < 4.78 is 0. The molecule has 0 saturated carbocycles. The van der Waals surface area contributed by atoms with E-state index in [0.717, 1.165) is 50.7 Å². The normalized spacial score (nSPS) is 19.4. The quantitative estimate of drug-likeness (QED) is 0.774. The maximum absolute atomic E-state index is 12.9. The van der Waals surface area contributed by atoms with Gasteiger partial charge in [-0.3, -0.25) is 14.6 Å². The van der Waals surface area contributed by atoms with Gasteiger partial charge in [0, 0.05) is 44.8 Å². The van der Waals surface area contributed by atoms with E-state index in [-0.39, 0.29) is 5.91 Å². The molecule has 4 nitrogen and oxygen atoms in total. The topological polar surface area (TPSA) is 26.8 Å². The molecule has 2 aromatic carbocycles. The minimum Gasteiger partial charge on any atom is -0.336 e. The van der Waals surface area contributed by atoms with E-state index in [1.165, 1.54) is 37.1 Å². The lowest BCUT2D eigenvalue weighted by Crippen LogP contribution is -2.48. The molecule has 2 fully saturated rings. The van der Waals surface area contributed by atoms with Crippen molar-refractivity contribution >= 4 is 5.91 Å². The summed E-state index contributed by atoms with van der Waals surface area (Å²) in [4.78, 5) is 19.9. The predicted molar refractivity (Wildman–Crippen MR) is 118 cm³/mol. The zero-order valence-electron chi connectivity index (χ0n) is 17.6. The van der Waals surface area contributed by atoms with Crippen molar-refractivity contribution in [2.45, 2.75) is 32.9 Å². The first-order chi connectivity index (χ1) is 14.2. The van der Waals surface area contributed by atoms with Crippen molar-refractivity contribution in [3.63, 3.8) is 0 Å². The highest BCUT2D eigenvalue weighted by Crippen LogP contribution is 2.19.